The van der Waals surface area contributed by atoms with Crippen LogP contribution in [0.3, 0.4) is 0 Å². The summed E-state index contributed by atoms with van der Waals surface area (Å²) in [7, 11) is 0. The molecule has 0 saturated carbocycles. The number of nitrogens with one attached hydrogen (secondary N) is 1. The van der Waals surface area contributed by atoms with Gasteiger partial charge in [-0.05, 0) is 19.1 Å². The molecule has 0 unspecified atom stereocenters. The van der Waals surface area contributed by atoms with Gasteiger partial charge in [-0.2, -0.15) is 0 Å². The quantitative estimate of drug-likeness (QED) is 0.666. The number of nitro groups is 1. The lowest BCUT2D eigenvalue weighted by molar-refractivity contribution is -0.403. The van der Waals surface area contributed by atoms with E-state index in [9.17, 15) is 10.1 Å². The summed E-state index contributed by atoms with van der Waals surface area (Å²) in [6.07, 6.45) is 0.958. The molecule has 7 heteroatoms. The van der Waals surface area contributed by atoms with Crippen molar-refractivity contribution in [3.63, 3.8) is 0 Å². The van der Waals surface area contributed by atoms with Crippen LogP contribution in [0.2, 0.25) is 0 Å². The number of benzodiazepines with no additional fused rings is 1. The number of ether oxygens (including phenoxy) is 2. The first-order valence-corrected chi connectivity index (χ1v) is 8.69. The van der Waals surface area contributed by atoms with E-state index in [1.54, 1.807) is 0 Å². The molecule has 0 bridgehead atoms. The Bertz CT molecular complexity index is 931. The number of benzene rings is 2. The summed E-state index contributed by atoms with van der Waals surface area (Å²) in [6.45, 7) is 3.17. The summed E-state index contributed by atoms with van der Waals surface area (Å²) in [6, 6.07) is 15.6. The SMILES string of the molecule is CC1(c2ccc3c(c2)C(c2ccccc2)=NCC(=C[N+](=O)[O-])N3)OCCO1. The molecule has 2 heterocycles. The van der Waals surface area contributed by atoms with Crippen molar-refractivity contribution in [1.82, 2.24) is 0 Å². The third kappa shape index (κ3) is 3.47. The van der Waals surface area contributed by atoms with E-state index in [0.29, 0.717) is 18.9 Å². The van der Waals surface area contributed by atoms with Crippen LogP contribution in [-0.4, -0.2) is 30.4 Å². The number of nitrogens with zero attached hydrogens (tertiary/aromatic N) is 2. The highest BCUT2D eigenvalue weighted by atomic mass is 16.7. The van der Waals surface area contributed by atoms with Gasteiger partial charge in [0.1, 0.15) is 5.70 Å². The van der Waals surface area contributed by atoms with E-state index in [2.05, 4.69) is 10.3 Å². The van der Waals surface area contributed by atoms with Crippen molar-refractivity contribution in [2.75, 3.05) is 25.1 Å². The predicted molar refractivity (Wildman–Crippen MR) is 101 cm³/mol. The lowest BCUT2D eigenvalue weighted by atomic mass is 9.96. The Kier molecular flexibility index (Phi) is 4.47. The molecule has 4 rings (SSSR count). The van der Waals surface area contributed by atoms with Crippen LogP contribution in [-0.2, 0) is 15.3 Å². The Labute approximate surface area is 156 Å². The first-order chi connectivity index (χ1) is 13.0. The second-order valence-electron chi connectivity index (χ2n) is 6.50. The molecular weight excluding hydrogens is 346 g/mol. The van der Waals surface area contributed by atoms with Crippen LogP contribution in [0, 0.1) is 10.1 Å². The molecular formula is C20H19N3O4. The van der Waals surface area contributed by atoms with Crippen molar-refractivity contribution in [3.05, 3.63) is 87.2 Å². The summed E-state index contributed by atoms with van der Waals surface area (Å²) in [5, 5.41) is 14.1. The van der Waals surface area contributed by atoms with Crippen molar-refractivity contribution in [1.29, 1.82) is 0 Å². The van der Waals surface area contributed by atoms with Crippen LogP contribution in [0.1, 0.15) is 23.6 Å². The molecule has 1 fully saturated rings. The van der Waals surface area contributed by atoms with Gasteiger partial charge in [0.15, 0.2) is 5.79 Å². The molecule has 0 amide bonds. The number of aliphatic imine (C=N–C) groups is 1. The van der Waals surface area contributed by atoms with Crippen molar-refractivity contribution in [3.8, 4) is 0 Å². The van der Waals surface area contributed by atoms with Crippen molar-refractivity contribution < 1.29 is 14.4 Å². The second-order valence-corrected chi connectivity index (χ2v) is 6.50. The van der Waals surface area contributed by atoms with Crippen LogP contribution in [0.15, 0.2) is 65.4 Å². The Morgan fingerprint density at radius 2 is 1.93 bits per heavy atom. The number of hydrogen-bond acceptors (Lipinski definition) is 6. The minimum absolute atomic E-state index is 0.194. The molecule has 138 valence electrons. The summed E-state index contributed by atoms with van der Waals surface area (Å²) in [4.78, 5) is 15.1. The Morgan fingerprint density at radius 3 is 2.63 bits per heavy atom. The van der Waals surface area contributed by atoms with Gasteiger partial charge in [-0.1, -0.05) is 36.4 Å². The maximum atomic E-state index is 10.9. The number of hydrogen-bond donors (Lipinski definition) is 1. The van der Waals surface area contributed by atoms with E-state index < -0.39 is 10.7 Å². The van der Waals surface area contributed by atoms with Crippen LogP contribution in [0.25, 0.3) is 0 Å². The molecule has 7 nitrogen and oxygen atoms in total. The molecule has 0 spiro atoms. The summed E-state index contributed by atoms with van der Waals surface area (Å²) in [5.74, 6) is -0.803. The normalized spacial score (nSPS) is 19.7. The predicted octanol–water partition coefficient (Wildman–Crippen LogP) is 3.29. The molecule has 0 atom stereocenters. The Morgan fingerprint density at radius 1 is 1.19 bits per heavy atom. The molecule has 2 aromatic carbocycles. The van der Waals surface area contributed by atoms with Gasteiger partial charge >= 0.3 is 0 Å². The van der Waals surface area contributed by atoms with Gasteiger partial charge in [0.25, 0.3) is 6.20 Å². The van der Waals surface area contributed by atoms with E-state index in [-0.39, 0.29) is 6.54 Å². The number of rotatable bonds is 3. The van der Waals surface area contributed by atoms with E-state index >= 15 is 0 Å². The summed E-state index contributed by atoms with van der Waals surface area (Å²) >= 11 is 0. The standard InChI is InChI=1S/C20H19N3O4/c1-20(26-9-10-27-20)15-7-8-18-17(11-15)19(14-5-3-2-4-6-14)21-12-16(22-18)13-23(24)25/h2-8,11,13,22H,9-10,12H2,1H3. The lowest BCUT2D eigenvalue weighted by Crippen LogP contribution is -2.23. The van der Waals surface area contributed by atoms with Crippen molar-refractivity contribution >= 4 is 11.4 Å². The van der Waals surface area contributed by atoms with Crippen LogP contribution < -0.4 is 5.32 Å². The third-order valence-electron chi connectivity index (χ3n) is 4.65. The molecule has 2 aromatic rings. The van der Waals surface area contributed by atoms with Crippen LogP contribution >= 0.6 is 0 Å². The summed E-state index contributed by atoms with van der Waals surface area (Å²) < 4.78 is 11.6. The van der Waals surface area contributed by atoms with Crippen LogP contribution in [0.5, 0.6) is 0 Å². The third-order valence-corrected chi connectivity index (χ3v) is 4.65. The van der Waals surface area contributed by atoms with Crippen molar-refractivity contribution in [2.45, 2.75) is 12.7 Å². The number of fused-ring (bicyclic) bond motifs is 1. The minimum atomic E-state index is -0.803. The zero-order valence-corrected chi connectivity index (χ0v) is 14.8. The molecule has 2 aliphatic rings. The van der Waals surface area contributed by atoms with Gasteiger partial charge < -0.3 is 14.8 Å². The molecule has 0 aliphatic carbocycles. The Hall–Kier alpha value is -3.03. The smallest absolute Gasteiger partial charge is 0.255 e. The topological polar surface area (TPSA) is 86.0 Å². The van der Waals surface area contributed by atoms with Crippen molar-refractivity contribution in [2.24, 2.45) is 4.99 Å². The fourth-order valence-electron chi connectivity index (χ4n) is 3.32. The maximum Gasteiger partial charge on any atom is 0.255 e. The van der Waals surface area contributed by atoms with E-state index in [1.165, 1.54) is 0 Å². The number of anilines is 1. The van der Waals surface area contributed by atoms with E-state index in [4.69, 9.17) is 9.47 Å². The summed E-state index contributed by atoms with van der Waals surface area (Å²) in [5.41, 5.74) is 4.64. The van der Waals surface area contributed by atoms with Crippen LogP contribution in [0.4, 0.5) is 5.69 Å². The molecule has 0 aromatic heterocycles. The van der Waals surface area contributed by atoms with Gasteiger partial charge in [-0.3, -0.25) is 15.1 Å². The minimum Gasteiger partial charge on any atom is -0.352 e. The average Bonchev–Trinajstić information content (AvgIpc) is 3.03. The molecule has 1 N–H and O–H groups in total. The first-order valence-electron chi connectivity index (χ1n) is 8.69. The van der Waals surface area contributed by atoms with E-state index in [0.717, 1.165) is 34.3 Å². The highest BCUT2D eigenvalue weighted by molar-refractivity contribution is 6.16. The Balaban J connectivity index is 1.85. The molecule has 0 radical (unpaired) electrons. The molecule has 2 aliphatic heterocycles. The maximum absolute atomic E-state index is 10.9. The van der Waals surface area contributed by atoms with Gasteiger partial charge in [0.2, 0.25) is 0 Å². The first kappa shape index (κ1) is 17.4. The highest BCUT2D eigenvalue weighted by Crippen LogP contribution is 2.35. The van der Waals surface area contributed by atoms with E-state index in [1.807, 2.05) is 55.5 Å². The molecule has 27 heavy (non-hydrogen) atoms. The zero-order chi connectivity index (χ0) is 18.9. The average molecular weight is 365 g/mol. The van der Waals surface area contributed by atoms with Gasteiger partial charge in [0.05, 0.1) is 30.4 Å². The zero-order valence-electron chi connectivity index (χ0n) is 14.8. The highest BCUT2D eigenvalue weighted by Gasteiger charge is 2.34. The second kappa shape index (κ2) is 6.94. The lowest BCUT2D eigenvalue weighted by Gasteiger charge is -2.24. The largest absolute Gasteiger partial charge is 0.352 e. The van der Waals surface area contributed by atoms with Gasteiger partial charge in [-0.15, -0.1) is 0 Å². The molecule has 1 saturated heterocycles. The van der Waals surface area contributed by atoms with Gasteiger partial charge in [-0.25, -0.2) is 0 Å². The fraction of sp³-hybridized carbons (Fsp3) is 0.250. The fourth-order valence-corrected chi connectivity index (χ4v) is 3.32. The monoisotopic (exact) mass is 365 g/mol. The van der Waals surface area contributed by atoms with Gasteiger partial charge in [0, 0.05) is 22.4 Å².